The van der Waals surface area contributed by atoms with Crippen LogP contribution in [-0.2, 0) is 9.59 Å². The maximum Gasteiger partial charge on any atom is 0.309 e. The highest BCUT2D eigenvalue weighted by Gasteiger charge is 2.72. The summed E-state index contributed by atoms with van der Waals surface area (Å²) in [5.41, 5.74) is 1.39. The fraction of sp³-hybridized carbons (Fsp3) is 0.692. The molecular formula is C39H51ClO3. The molecule has 1 aromatic rings. The molecule has 4 heteroatoms. The lowest BCUT2D eigenvalue weighted by Crippen LogP contribution is -2.67. The highest BCUT2D eigenvalue weighted by molar-refractivity contribution is 6.30. The fourth-order valence-electron chi connectivity index (χ4n) is 12.6. The molecule has 0 unspecified atom stereocenters. The second-order valence-corrected chi connectivity index (χ2v) is 17.1. The number of hydrogen-bond acceptors (Lipinski definition) is 2. The lowest BCUT2D eigenvalue weighted by atomic mass is 9.32. The molecule has 3 nitrogen and oxygen atoms in total. The highest BCUT2D eigenvalue weighted by Crippen LogP contribution is 2.77. The van der Waals surface area contributed by atoms with E-state index in [2.05, 4.69) is 60.0 Å². The van der Waals surface area contributed by atoms with Crippen LogP contribution in [0.2, 0.25) is 5.02 Å². The van der Waals surface area contributed by atoms with Crippen molar-refractivity contribution in [2.75, 3.05) is 0 Å². The number of rotatable bonds is 3. The maximum absolute atomic E-state index is 14.0. The van der Waals surface area contributed by atoms with Crippen molar-refractivity contribution in [2.45, 2.75) is 106 Å². The Labute approximate surface area is 264 Å². The zero-order valence-corrected chi connectivity index (χ0v) is 27.9. The molecule has 5 aliphatic rings. The Morgan fingerprint density at radius 2 is 1.65 bits per heavy atom. The number of fused-ring (bicyclic) bond motifs is 7. The molecule has 0 heterocycles. The Hall–Kier alpha value is -2.05. The van der Waals surface area contributed by atoms with E-state index in [-0.39, 0.29) is 33.5 Å². The Morgan fingerprint density at radius 1 is 0.953 bits per heavy atom. The minimum atomic E-state index is -0.592. The van der Waals surface area contributed by atoms with Gasteiger partial charge in [-0.15, -0.1) is 0 Å². The first kappa shape index (κ1) is 31.0. The van der Waals surface area contributed by atoms with Gasteiger partial charge >= 0.3 is 5.97 Å². The molecule has 1 aromatic carbocycles. The van der Waals surface area contributed by atoms with Crippen LogP contribution >= 0.6 is 11.6 Å². The SMILES string of the molecule is C=C(C)[C@@H]1CC[C@]2(C(=O)O)CC[C@]3(C)[C@H](CC[C@@H]4[C@@]5(C)C[C@@H](CC#Cc6ccc(Cl)cc6)C(=O)C(C)(C)[C@@H]5CC[C@]43C)[C@@H]12. The van der Waals surface area contributed by atoms with Gasteiger partial charge in [0.1, 0.15) is 5.78 Å². The summed E-state index contributed by atoms with van der Waals surface area (Å²) >= 11 is 6.06. The van der Waals surface area contributed by atoms with Crippen LogP contribution in [0.25, 0.3) is 0 Å². The van der Waals surface area contributed by atoms with E-state index in [1.807, 2.05) is 24.3 Å². The van der Waals surface area contributed by atoms with Crippen LogP contribution in [0.15, 0.2) is 36.4 Å². The van der Waals surface area contributed by atoms with E-state index in [0.29, 0.717) is 40.9 Å². The third-order valence-corrected chi connectivity index (χ3v) is 15.0. The van der Waals surface area contributed by atoms with Gasteiger partial charge in [0.25, 0.3) is 0 Å². The quantitative estimate of drug-likeness (QED) is 0.277. The van der Waals surface area contributed by atoms with Crippen molar-refractivity contribution in [3.8, 4) is 11.8 Å². The van der Waals surface area contributed by atoms with Crippen molar-refractivity contribution in [1.29, 1.82) is 0 Å². The van der Waals surface area contributed by atoms with E-state index in [0.717, 1.165) is 63.4 Å². The molecule has 0 radical (unpaired) electrons. The lowest BCUT2D eigenvalue weighted by Gasteiger charge is -2.72. The van der Waals surface area contributed by atoms with Crippen LogP contribution in [0.5, 0.6) is 0 Å². The van der Waals surface area contributed by atoms with Gasteiger partial charge in [-0.05, 0) is 135 Å². The van der Waals surface area contributed by atoms with Crippen molar-refractivity contribution in [1.82, 2.24) is 0 Å². The first-order chi connectivity index (χ1) is 20.1. The third kappa shape index (κ3) is 4.28. The Bertz CT molecular complexity index is 1400. The number of carbonyl (C=O) groups excluding carboxylic acids is 1. The molecule has 0 aliphatic heterocycles. The van der Waals surface area contributed by atoms with E-state index < -0.39 is 11.4 Å². The molecule has 0 spiro atoms. The number of allylic oxidation sites excluding steroid dienone is 1. The maximum atomic E-state index is 14.0. The standard InChI is InChI=1S/C39H51ClO3/c1-24(2)28-17-20-39(34(42)43)22-21-37(6)29(32(28)39)15-16-31-36(5)23-26(10-8-9-25-11-13-27(40)14-12-25)33(41)35(3,4)30(36)18-19-38(31,37)7/h11-14,26,28-32H,1,10,15-23H2,2-7H3,(H,42,43)/t26-,28+,29-,30+,31-,32-,36+,37-,38-,39+/m1/s1. The van der Waals surface area contributed by atoms with Crippen LogP contribution in [0, 0.1) is 74.4 Å². The minimum absolute atomic E-state index is 0.0514. The van der Waals surface area contributed by atoms with E-state index in [9.17, 15) is 14.7 Å². The van der Waals surface area contributed by atoms with Gasteiger partial charge < -0.3 is 5.11 Å². The molecule has 10 atom stereocenters. The average Bonchev–Trinajstić information content (AvgIpc) is 3.34. The number of aliphatic carboxylic acids is 1. The van der Waals surface area contributed by atoms with Crippen LogP contribution in [0.1, 0.15) is 111 Å². The molecule has 0 amide bonds. The topological polar surface area (TPSA) is 54.4 Å². The van der Waals surface area contributed by atoms with E-state index in [1.165, 1.54) is 5.57 Å². The predicted octanol–water partition coefficient (Wildman–Crippen LogP) is 9.62. The van der Waals surface area contributed by atoms with Gasteiger partial charge in [-0.1, -0.05) is 70.2 Å². The lowest BCUT2D eigenvalue weighted by molar-refractivity contribution is -0.238. The Balaban J connectivity index is 1.34. The van der Waals surface area contributed by atoms with E-state index >= 15 is 0 Å². The molecule has 43 heavy (non-hydrogen) atoms. The monoisotopic (exact) mass is 602 g/mol. The summed E-state index contributed by atoms with van der Waals surface area (Å²) in [4.78, 5) is 27.0. The van der Waals surface area contributed by atoms with Gasteiger partial charge in [-0.25, -0.2) is 0 Å². The molecule has 0 aromatic heterocycles. The normalized spacial score (nSPS) is 44.6. The summed E-state index contributed by atoms with van der Waals surface area (Å²) in [7, 11) is 0. The van der Waals surface area contributed by atoms with E-state index in [4.69, 9.17) is 11.6 Å². The number of hydrogen-bond donors (Lipinski definition) is 1. The van der Waals surface area contributed by atoms with Crippen molar-refractivity contribution in [2.24, 2.45) is 62.6 Å². The van der Waals surface area contributed by atoms with Gasteiger partial charge in [0, 0.05) is 28.3 Å². The van der Waals surface area contributed by atoms with Crippen LogP contribution < -0.4 is 0 Å². The van der Waals surface area contributed by atoms with Crippen LogP contribution in [-0.4, -0.2) is 16.9 Å². The summed E-state index contributed by atoms with van der Waals surface area (Å²) < 4.78 is 0. The van der Waals surface area contributed by atoms with Gasteiger partial charge in [-0.2, -0.15) is 0 Å². The number of ketones is 1. The molecule has 5 fully saturated rings. The van der Waals surface area contributed by atoms with Gasteiger partial charge in [0.15, 0.2) is 0 Å². The molecule has 232 valence electrons. The molecule has 5 saturated carbocycles. The van der Waals surface area contributed by atoms with Gasteiger partial charge in [0.05, 0.1) is 5.41 Å². The molecule has 0 saturated heterocycles. The van der Waals surface area contributed by atoms with Crippen LogP contribution in [0.3, 0.4) is 0 Å². The zero-order valence-electron chi connectivity index (χ0n) is 27.2. The summed E-state index contributed by atoms with van der Waals surface area (Å²) in [6, 6.07) is 7.61. The summed E-state index contributed by atoms with van der Waals surface area (Å²) in [6.45, 7) is 18.6. The Morgan fingerprint density at radius 3 is 2.30 bits per heavy atom. The number of Topliss-reactive ketones (excluding diaryl/α,β-unsaturated/α-hetero) is 1. The number of carboxylic acids is 1. The van der Waals surface area contributed by atoms with Gasteiger partial charge in [-0.3, -0.25) is 9.59 Å². The largest absolute Gasteiger partial charge is 0.481 e. The number of benzene rings is 1. The first-order valence-electron chi connectivity index (χ1n) is 16.8. The molecule has 0 bridgehead atoms. The molecule has 5 aliphatic carbocycles. The van der Waals surface area contributed by atoms with Crippen molar-refractivity contribution >= 4 is 23.4 Å². The summed E-state index contributed by atoms with van der Waals surface area (Å²) in [5.74, 6) is 8.22. The fourth-order valence-corrected chi connectivity index (χ4v) is 12.8. The van der Waals surface area contributed by atoms with Gasteiger partial charge in [0.2, 0.25) is 0 Å². The number of carbonyl (C=O) groups is 2. The Kier molecular flexibility index (Phi) is 7.37. The minimum Gasteiger partial charge on any atom is -0.481 e. The van der Waals surface area contributed by atoms with Crippen molar-refractivity contribution in [3.63, 3.8) is 0 Å². The molecule has 6 rings (SSSR count). The smallest absolute Gasteiger partial charge is 0.309 e. The summed E-state index contributed by atoms with van der Waals surface area (Å²) in [6.07, 6.45) is 9.49. The molecule has 1 N–H and O–H groups in total. The second-order valence-electron chi connectivity index (χ2n) is 16.6. The van der Waals surface area contributed by atoms with E-state index in [1.54, 1.807) is 0 Å². The average molecular weight is 603 g/mol. The zero-order chi connectivity index (χ0) is 31.2. The first-order valence-corrected chi connectivity index (χ1v) is 17.2. The number of carboxylic acid groups (broad SMARTS) is 1. The third-order valence-electron chi connectivity index (χ3n) is 14.7. The van der Waals surface area contributed by atoms with Crippen LogP contribution in [0.4, 0.5) is 0 Å². The summed E-state index contributed by atoms with van der Waals surface area (Å²) in [5, 5.41) is 11.4. The van der Waals surface area contributed by atoms with Crippen molar-refractivity contribution < 1.29 is 14.7 Å². The molecular weight excluding hydrogens is 552 g/mol. The highest BCUT2D eigenvalue weighted by atomic mass is 35.5. The van der Waals surface area contributed by atoms with Crippen molar-refractivity contribution in [3.05, 3.63) is 47.0 Å². The predicted molar refractivity (Wildman–Crippen MR) is 173 cm³/mol. The second kappa shape index (κ2) is 10.2. The number of halogens is 1.